The fourth-order valence-corrected chi connectivity index (χ4v) is 4.16. The van der Waals surface area contributed by atoms with Gasteiger partial charge in [0.1, 0.15) is 5.75 Å². The van der Waals surface area contributed by atoms with Gasteiger partial charge in [0.2, 0.25) is 5.91 Å². The normalized spacial score (nSPS) is 21.8. The van der Waals surface area contributed by atoms with Crippen molar-refractivity contribution in [1.29, 1.82) is 0 Å². The summed E-state index contributed by atoms with van der Waals surface area (Å²) in [4.78, 5) is 17.1. The van der Waals surface area contributed by atoms with E-state index in [-0.39, 0.29) is 11.8 Å². The largest absolute Gasteiger partial charge is 0.508 e. The number of hydrogen-bond donors (Lipinski definition) is 1. The van der Waals surface area contributed by atoms with Crippen molar-refractivity contribution in [2.75, 3.05) is 39.4 Å². The van der Waals surface area contributed by atoms with E-state index in [9.17, 15) is 9.90 Å². The molecule has 2 aromatic rings. The highest BCUT2D eigenvalue weighted by Gasteiger charge is 2.30. The Morgan fingerprint density at radius 1 is 1.12 bits per heavy atom. The molecule has 0 bridgehead atoms. The van der Waals surface area contributed by atoms with Gasteiger partial charge in [-0.2, -0.15) is 0 Å². The molecule has 4 rings (SSSR count). The van der Waals surface area contributed by atoms with E-state index >= 15 is 0 Å². The lowest BCUT2D eigenvalue weighted by atomic mass is 9.95. The maximum Gasteiger partial charge on any atom is 0.227 e. The van der Waals surface area contributed by atoms with Crippen molar-refractivity contribution in [3.05, 3.63) is 42.0 Å². The Kier molecular flexibility index (Phi) is 5.09. The molecule has 5 heteroatoms. The van der Waals surface area contributed by atoms with Gasteiger partial charge < -0.3 is 14.7 Å². The van der Waals surface area contributed by atoms with Gasteiger partial charge in [-0.1, -0.05) is 30.3 Å². The highest BCUT2D eigenvalue weighted by atomic mass is 16.5. The number of piperidine rings is 1. The Hall–Kier alpha value is -2.11. The van der Waals surface area contributed by atoms with Crippen LogP contribution in [0.15, 0.2) is 36.4 Å². The average molecular weight is 354 g/mol. The Bertz CT molecular complexity index is 786. The van der Waals surface area contributed by atoms with E-state index in [2.05, 4.69) is 17.0 Å². The second-order valence-corrected chi connectivity index (χ2v) is 7.30. The van der Waals surface area contributed by atoms with Crippen molar-refractivity contribution in [2.45, 2.75) is 19.4 Å². The molecule has 2 fully saturated rings. The summed E-state index contributed by atoms with van der Waals surface area (Å²) in [6, 6.07) is 11.9. The second-order valence-electron chi connectivity index (χ2n) is 7.30. The predicted octanol–water partition coefficient (Wildman–Crippen LogP) is 2.62. The molecule has 0 saturated carbocycles. The molecule has 0 aliphatic carbocycles. The van der Waals surface area contributed by atoms with Crippen molar-refractivity contribution in [2.24, 2.45) is 5.92 Å². The zero-order valence-corrected chi connectivity index (χ0v) is 15.1. The quantitative estimate of drug-likeness (QED) is 0.921. The SMILES string of the molecule is O=C(C1CCCN(Cc2c(O)ccc3ccccc23)C1)N1CCOCC1. The Morgan fingerprint density at radius 2 is 1.92 bits per heavy atom. The molecule has 1 atom stereocenters. The topological polar surface area (TPSA) is 53.0 Å². The summed E-state index contributed by atoms with van der Waals surface area (Å²) in [5.74, 6) is 0.657. The Labute approximate surface area is 154 Å². The van der Waals surface area contributed by atoms with Crippen LogP contribution >= 0.6 is 0 Å². The van der Waals surface area contributed by atoms with Crippen LogP contribution in [0.2, 0.25) is 0 Å². The van der Waals surface area contributed by atoms with Crippen LogP contribution in [0.3, 0.4) is 0 Å². The lowest BCUT2D eigenvalue weighted by Gasteiger charge is -2.36. The zero-order chi connectivity index (χ0) is 17.9. The Morgan fingerprint density at radius 3 is 2.77 bits per heavy atom. The molecule has 1 N–H and O–H groups in total. The van der Waals surface area contributed by atoms with E-state index in [1.165, 1.54) is 0 Å². The van der Waals surface area contributed by atoms with Crippen molar-refractivity contribution in [3.8, 4) is 5.75 Å². The third kappa shape index (κ3) is 3.55. The number of phenolic OH excluding ortho intramolecular Hbond substituents is 1. The molecule has 26 heavy (non-hydrogen) atoms. The van der Waals surface area contributed by atoms with Crippen molar-refractivity contribution >= 4 is 16.7 Å². The number of nitrogens with zero attached hydrogens (tertiary/aromatic N) is 2. The van der Waals surface area contributed by atoms with E-state index in [1.54, 1.807) is 6.07 Å². The number of hydrogen-bond acceptors (Lipinski definition) is 4. The van der Waals surface area contributed by atoms with Gasteiger partial charge in [0.05, 0.1) is 19.1 Å². The van der Waals surface area contributed by atoms with E-state index < -0.39 is 0 Å². The second kappa shape index (κ2) is 7.64. The molecule has 0 aromatic heterocycles. The van der Waals surface area contributed by atoms with Crippen molar-refractivity contribution in [1.82, 2.24) is 9.80 Å². The molecule has 0 radical (unpaired) electrons. The number of morpholine rings is 1. The van der Waals surface area contributed by atoms with Crippen LogP contribution in [0.1, 0.15) is 18.4 Å². The summed E-state index contributed by atoms with van der Waals surface area (Å²) >= 11 is 0. The van der Waals surface area contributed by atoms with E-state index in [0.29, 0.717) is 38.6 Å². The highest BCUT2D eigenvalue weighted by Crippen LogP contribution is 2.30. The van der Waals surface area contributed by atoms with Crippen LogP contribution in [-0.2, 0) is 16.1 Å². The van der Waals surface area contributed by atoms with E-state index in [0.717, 1.165) is 42.3 Å². The number of carbonyl (C=O) groups excluding carboxylic acids is 1. The maximum absolute atomic E-state index is 12.8. The minimum Gasteiger partial charge on any atom is -0.508 e. The van der Waals surface area contributed by atoms with Gasteiger partial charge >= 0.3 is 0 Å². The van der Waals surface area contributed by atoms with Crippen LogP contribution in [0.4, 0.5) is 0 Å². The van der Waals surface area contributed by atoms with Crippen LogP contribution in [0.5, 0.6) is 5.75 Å². The molecule has 2 aromatic carbocycles. The highest BCUT2D eigenvalue weighted by molar-refractivity contribution is 5.87. The number of amides is 1. The molecule has 5 nitrogen and oxygen atoms in total. The smallest absolute Gasteiger partial charge is 0.227 e. The molecule has 2 aliphatic heterocycles. The first kappa shape index (κ1) is 17.3. The average Bonchev–Trinajstić information content (AvgIpc) is 2.70. The molecule has 1 unspecified atom stereocenters. The lowest BCUT2D eigenvalue weighted by Crippen LogP contribution is -2.48. The van der Waals surface area contributed by atoms with Gasteiger partial charge in [0.25, 0.3) is 0 Å². The molecule has 2 heterocycles. The fourth-order valence-electron chi connectivity index (χ4n) is 4.16. The van der Waals surface area contributed by atoms with Gasteiger partial charge in [-0.15, -0.1) is 0 Å². The molecular formula is C21H26N2O3. The number of ether oxygens (including phenoxy) is 1. The number of likely N-dealkylation sites (tertiary alicyclic amines) is 1. The number of fused-ring (bicyclic) bond motifs is 1. The fraction of sp³-hybridized carbons (Fsp3) is 0.476. The van der Waals surface area contributed by atoms with Crippen molar-refractivity contribution < 1.29 is 14.6 Å². The number of phenols is 1. The van der Waals surface area contributed by atoms with Gasteiger partial charge in [0.15, 0.2) is 0 Å². The maximum atomic E-state index is 12.8. The molecular weight excluding hydrogens is 328 g/mol. The monoisotopic (exact) mass is 354 g/mol. The van der Waals surface area contributed by atoms with Crippen molar-refractivity contribution in [3.63, 3.8) is 0 Å². The summed E-state index contributed by atoms with van der Waals surface area (Å²) in [7, 11) is 0. The Balaban J connectivity index is 1.49. The first-order valence-electron chi connectivity index (χ1n) is 9.51. The van der Waals surface area contributed by atoms with Crippen LogP contribution in [0, 0.1) is 5.92 Å². The third-order valence-electron chi connectivity index (χ3n) is 5.58. The standard InChI is InChI=1S/C21H26N2O3/c24-20-8-7-16-4-1-2-6-18(16)19(20)15-22-9-3-5-17(14-22)21(25)23-10-12-26-13-11-23/h1-2,4,6-8,17,24H,3,5,9-15H2. The lowest BCUT2D eigenvalue weighted by molar-refractivity contribution is -0.141. The number of carbonyl (C=O) groups is 1. The van der Waals surface area contributed by atoms with Crippen LogP contribution in [-0.4, -0.2) is 60.2 Å². The minimum atomic E-state index is 0.0546. The number of aromatic hydroxyl groups is 1. The molecule has 2 aliphatic rings. The van der Waals surface area contributed by atoms with E-state index in [4.69, 9.17) is 4.74 Å². The number of rotatable bonds is 3. The first-order chi connectivity index (χ1) is 12.7. The van der Waals surface area contributed by atoms with Crippen LogP contribution < -0.4 is 0 Å². The molecule has 2 saturated heterocycles. The summed E-state index contributed by atoms with van der Waals surface area (Å²) in [5.41, 5.74) is 0.961. The van der Waals surface area contributed by atoms with Gasteiger partial charge in [0, 0.05) is 31.7 Å². The third-order valence-corrected chi connectivity index (χ3v) is 5.58. The molecule has 138 valence electrons. The molecule has 1 amide bonds. The summed E-state index contributed by atoms with van der Waals surface area (Å²) in [6.07, 6.45) is 1.97. The summed E-state index contributed by atoms with van der Waals surface area (Å²) in [6.45, 7) is 5.12. The molecule has 0 spiro atoms. The minimum absolute atomic E-state index is 0.0546. The van der Waals surface area contributed by atoms with Gasteiger partial charge in [-0.25, -0.2) is 0 Å². The zero-order valence-electron chi connectivity index (χ0n) is 15.1. The first-order valence-corrected chi connectivity index (χ1v) is 9.51. The van der Waals surface area contributed by atoms with E-state index in [1.807, 2.05) is 23.1 Å². The van der Waals surface area contributed by atoms with Gasteiger partial charge in [-0.3, -0.25) is 9.69 Å². The summed E-state index contributed by atoms with van der Waals surface area (Å²) in [5, 5.41) is 12.6. The van der Waals surface area contributed by atoms with Crippen LogP contribution in [0.25, 0.3) is 10.8 Å². The summed E-state index contributed by atoms with van der Waals surface area (Å²) < 4.78 is 5.36. The predicted molar refractivity (Wildman–Crippen MR) is 101 cm³/mol. The van der Waals surface area contributed by atoms with Gasteiger partial charge in [-0.05, 0) is 36.2 Å². The number of benzene rings is 2.